The van der Waals surface area contributed by atoms with Gasteiger partial charge in [-0.2, -0.15) is 5.26 Å². The average molecular weight is 463 g/mol. The molecule has 2 unspecified atom stereocenters. The molecule has 1 heterocycles. The second-order valence-electron chi connectivity index (χ2n) is 8.76. The topological polar surface area (TPSA) is 87.8 Å². The van der Waals surface area contributed by atoms with Crippen LogP contribution >= 0.6 is 11.8 Å². The number of para-hydroxylation sites is 1. The molecule has 0 bridgehead atoms. The molecule has 6 nitrogen and oxygen atoms in total. The molecule has 172 valence electrons. The summed E-state index contributed by atoms with van der Waals surface area (Å²) in [6.45, 7) is 9.81. The van der Waals surface area contributed by atoms with Crippen LogP contribution in [0.5, 0.6) is 0 Å². The van der Waals surface area contributed by atoms with Crippen LogP contribution in [0.1, 0.15) is 52.5 Å². The fraction of sp³-hybridized carbons (Fsp3) is 0.385. The van der Waals surface area contributed by atoms with Crippen molar-refractivity contribution in [2.45, 2.75) is 57.7 Å². The number of amides is 1. The number of aromatic nitrogens is 2. The van der Waals surface area contributed by atoms with E-state index < -0.39 is 5.54 Å². The van der Waals surface area contributed by atoms with Crippen LogP contribution in [0.25, 0.3) is 16.6 Å². The zero-order chi connectivity index (χ0) is 24.2. The van der Waals surface area contributed by atoms with Gasteiger partial charge in [0.25, 0.3) is 5.56 Å². The van der Waals surface area contributed by atoms with Gasteiger partial charge in [0.15, 0.2) is 5.16 Å². The summed E-state index contributed by atoms with van der Waals surface area (Å²) >= 11 is 1.19. The number of carbonyl (C=O) groups is 1. The van der Waals surface area contributed by atoms with E-state index in [-0.39, 0.29) is 23.1 Å². The first kappa shape index (κ1) is 24.5. The number of nitrogens with zero attached hydrogens (tertiary/aromatic N) is 3. The summed E-state index contributed by atoms with van der Waals surface area (Å²) in [5.74, 6) is 0.148. The van der Waals surface area contributed by atoms with Crippen LogP contribution in [-0.2, 0) is 4.79 Å². The lowest BCUT2D eigenvalue weighted by atomic mass is 9.90. The lowest BCUT2D eigenvalue weighted by Gasteiger charge is -2.27. The summed E-state index contributed by atoms with van der Waals surface area (Å²) in [4.78, 5) is 30.7. The van der Waals surface area contributed by atoms with Crippen LogP contribution in [0.15, 0.2) is 58.5 Å². The van der Waals surface area contributed by atoms with Crippen molar-refractivity contribution < 1.29 is 4.79 Å². The van der Waals surface area contributed by atoms with Gasteiger partial charge >= 0.3 is 0 Å². The number of rotatable bonds is 8. The molecule has 1 amide bonds. The van der Waals surface area contributed by atoms with E-state index in [1.807, 2.05) is 50.2 Å². The largest absolute Gasteiger partial charge is 0.337 e. The first-order valence-corrected chi connectivity index (χ1v) is 12.2. The highest BCUT2D eigenvalue weighted by Gasteiger charge is 2.30. The Morgan fingerprint density at radius 3 is 2.45 bits per heavy atom. The molecular formula is C26H30N4O2S. The normalized spacial score (nSPS) is 14.0. The zero-order valence-corrected chi connectivity index (χ0v) is 20.6. The maximum absolute atomic E-state index is 13.4. The maximum Gasteiger partial charge on any atom is 0.266 e. The number of benzene rings is 2. The fourth-order valence-corrected chi connectivity index (χ4v) is 4.19. The quantitative estimate of drug-likeness (QED) is 0.374. The Kier molecular flexibility index (Phi) is 7.60. The summed E-state index contributed by atoms with van der Waals surface area (Å²) in [7, 11) is 0. The van der Waals surface area contributed by atoms with Gasteiger partial charge in [-0.1, -0.05) is 63.7 Å². The summed E-state index contributed by atoms with van der Waals surface area (Å²) < 4.78 is 1.56. The molecule has 3 rings (SSSR count). The van der Waals surface area contributed by atoms with Crippen LogP contribution in [0.4, 0.5) is 0 Å². The predicted molar refractivity (Wildman–Crippen MR) is 134 cm³/mol. The van der Waals surface area contributed by atoms with Crippen molar-refractivity contribution in [1.29, 1.82) is 5.26 Å². The molecule has 0 aliphatic rings. The van der Waals surface area contributed by atoms with Gasteiger partial charge in [0.2, 0.25) is 5.91 Å². The van der Waals surface area contributed by atoms with Gasteiger partial charge < -0.3 is 5.32 Å². The minimum atomic E-state index is -0.958. The summed E-state index contributed by atoms with van der Waals surface area (Å²) in [5, 5.41) is 13.3. The minimum absolute atomic E-state index is 0.0414. The monoisotopic (exact) mass is 462 g/mol. The van der Waals surface area contributed by atoms with Gasteiger partial charge in [-0.15, -0.1) is 0 Å². The number of carbonyl (C=O) groups excluding carboxylic acids is 1. The molecule has 0 saturated carbocycles. The molecule has 0 radical (unpaired) electrons. The molecule has 1 aromatic heterocycles. The SMILES string of the molecule is CCC(C)c1ccc(-n2c(SCC(=O)NC(C)(C#N)C(C)C)nc3ccccc3c2=O)cc1. The predicted octanol–water partition coefficient (Wildman–Crippen LogP) is 5.05. The van der Waals surface area contributed by atoms with Crippen LogP contribution in [0.2, 0.25) is 0 Å². The molecular weight excluding hydrogens is 432 g/mol. The van der Waals surface area contributed by atoms with Gasteiger partial charge in [-0.05, 0) is 55.0 Å². The summed E-state index contributed by atoms with van der Waals surface area (Å²) in [6, 6.07) is 17.3. The molecule has 33 heavy (non-hydrogen) atoms. The number of hydrogen-bond acceptors (Lipinski definition) is 5. The molecule has 0 saturated heterocycles. The van der Waals surface area contributed by atoms with Gasteiger partial charge in [-0.25, -0.2) is 4.98 Å². The van der Waals surface area contributed by atoms with Crippen molar-refractivity contribution in [1.82, 2.24) is 14.9 Å². The van der Waals surface area contributed by atoms with Gasteiger partial charge in [0, 0.05) is 0 Å². The highest BCUT2D eigenvalue weighted by atomic mass is 32.2. The molecule has 2 atom stereocenters. The van der Waals surface area contributed by atoms with Crippen LogP contribution in [-0.4, -0.2) is 26.8 Å². The highest BCUT2D eigenvalue weighted by Crippen LogP contribution is 2.24. The standard InChI is InChI=1S/C26H30N4O2S/c1-6-18(4)19-11-13-20(14-12-19)30-24(32)21-9-7-8-10-22(21)28-25(30)33-15-23(31)29-26(5,16-27)17(2)3/h7-14,17-18H,6,15H2,1-5H3,(H,29,31). The Labute approximate surface area is 199 Å². The lowest BCUT2D eigenvalue weighted by molar-refractivity contribution is -0.120. The Hall–Kier alpha value is -3.11. The highest BCUT2D eigenvalue weighted by molar-refractivity contribution is 7.99. The molecule has 3 aromatic rings. The van der Waals surface area contributed by atoms with E-state index in [1.54, 1.807) is 23.6 Å². The van der Waals surface area contributed by atoms with Crippen molar-refractivity contribution in [3.8, 4) is 11.8 Å². The molecule has 0 spiro atoms. The number of hydrogen-bond donors (Lipinski definition) is 1. The van der Waals surface area contributed by atoms with E-state index in [4.69, 9.17) is 4.98 Å². The van der Waals surface area contributed by atoms with Gasteiger partial charge in [0.05, 0.1) is 28.4 Å². The zero-order valence-electron chi connectivity index (χ0n) is 19.8. The summed E-state index contributed by atoms with van der Waals surface area (Å²) in [5.41, 5.74) is 1.36. The van der Waals surface area contributed by atoms with E-state index in [1.165, 1.54) is 17.3 Å². The Morgan fingerprint density at radius 2 is 1.85 bits per heavy atom. The Balaban J connectivity index is 1.98. The van der Waals surface area contributed by atoms with E-state index in [0.717, 1.165) is 6.42 Å². The van der Waals surface area contributed by atoms with Crippen LogP contribution in [0.3, 0.4) is 0 Å². The Morgan fingerprint density at radius 1 is 1.18 bits per heavy atom. The fourth-order valence-electron chi connectivity index (χ4n) is 3.38. The summed E-state index contributed by atoms with van der Waals surface area (Å²) in [6.07, 6.45) is 1.03. The van der Waals surface area contributed by atoms with Crippen LogP contribution in [0, 0.1) is 17.2 Å². The van der Waals surface area contributed by atoms with Crippen molar-refractivity contribution in [3.05, 3.63) is 64.4 Å². The van der Waals surface area contributed by atoms with Gasteiger partial charge in [0.1, 0.15) is 5.54 Å². The number of nitriles is 1. The minimum Gasteiger partial charge on any atom is -0.337 e. The lowest BCUT2D eigenvalue weighted by Crippen LogP contribution is -2.49. The molecule has 7 heteroatoms. The van der Waals surface area contributed by atoms with Gasteiger partial charge in [-0.3, -0.25) is 14.2 Å². The maximum atomic E-state index is 13.4. The molecule has 0 fully saturated rings. The van der Waals surface area contributed by atoms with E-state index in [9.17, 15) is 14.9 Å². The average Bonchev–Trinajstić information content (AvgIpc) is 2.82. The second-order valence-corrected chi connectivity index (χ2v) is 9.70. The van der Waals surface area contributed by atoms with Crippen LogP contribution < -0.4 is 10.9 Å². The number of fused-ring (bicyclic) bond motifs is 1. The Bertz CT molecular complexity index is 1240. The van der Waals surface area contributed by atoms with Crippen molar-refractivity contribution in [2.75, 3.05) is 5.75 Å². The molecule has 2 aromatic carbocycles. The van der Waals surface area contributed by atoms with E-state index in [2.05, 4.69) is 25.2 Å². The first-order valence-electron chi connectivity index (χ1n) is 11.2. The van der Waals surface area contributed by atoms with E-state index in [0.29, 0.717) is 27.7 Å². The number of thioether (sulfide) groups is 1. The first-order chi connectivity index (χ1) is 15.7. The molecule has 0 aliphatic carbocycles. The van der Waals surface area contributed by atoms with Crippen molar-refractivity contribution >= 4 is 28.6 Å². The van der Waals surface area contributed by atoms with Crippen molar-refractivity contribution in [3.63, 3.8) is 0 Å². The van der Waals surface area contributed by atoms with E-state index >= 15 is 0 Å². The second kappa shape index (κ2) is 10.2. The van der Waals surface area contributed by atoms with Crippen molar-refractivity contribution in [2.24, 2.45) is 5.92 Å². The third-order valence-corrected chi connectivity index (χ3v) is 7.13. The smallest absolute Gasteiger partial charge is 0.266 e. The number of nitrogens with one attached hydrogen (secondary N) is 1. The third kappa shape index (κ3) is 5.28. The molecule has 1 N–H and O–H groups in total. The molecule has 0 aliphatic heterocycles. The third-order valence-electron chi connectivity index (χ3n) is 6.20.